The topological polar surface area (TPSA) is 190 Å². The molecule has 6 aromatic rings. The number of imidazole rings is 1. The number of nitrogens with one attached hydrogen (secondary N) is 1. The van der Waals surface area contributed by atoms with Crippen LogP contribution >= 0.6 is 0 Å². The van der Waals surface area contributed by atoms with Crippen molar-refractivity contribution in [2.75, 3.05) is 70.5 Å². The largest absolute Gasteiger partial charge is 0.461 e. The number of carbonyl (C=O) groups excluding carboxylic acids is 4. The summed E-state index contributed by atoms with van der Waals surface area (Å²) in [4.78, 5) is 90.3. The molecule has 446 valence electrons. The molecule has 21 heteroatoms. The minimum absolute atomic E-state index is 0.00223. The summed E-state index contributed by atoms with van der Waals surface area (Å²) in [5.74, 6) is 1.65. The summed E-state index contributed by atoms with van der Waals surface area (Å²) in [5, 5.41) is 3.76. The highest BCUT2D eigenvalue weighted by Crippen LogP contribution is 2.44. The summed E-state index contributed by atoms with van der Waals surface area (Å²) in [6.07, 6.45) is 16.0. The fraction of sp³-hybridized carbons (Fsp3) is 0.531. The molecule has 0 aliphatic carbocycles. The van der Waals surface area contributed by atoms with Crippen LogP contribution in [0.5, 0.6) is 6.01 Å². The van der Waals surface area contributed by atoms with E-state index >= 15 is 8.78 Å². The number of imide groups is 1. The number of terminal acetylenes is 1. The predicted molar refractivity (Wildman–Crippen MR) is 315 cm³/mol. The standard InChI is InChI=1S/C64H73F2N11O8/c1-6-45-48(65)15-11-40-9-7-10-46(53(40)45)55-54(66)56-47(32-67-55)57(74-34-42-13-14-43(35-74)76(42)62(82)85-63(2,3)4)70-59(69-56)84-37-64-24-8-26-75(64)44(19-25-64)36-83-61(81)73-29-20-38(21-30-73)33-72-27-22-39(23-28-72)41-12-16-49-51(31-41)71(5)60(80)77(49)50-17-18-52(78)68-58(50)79/h1,7,9-12,15-16,31-32,38-39,42-44,50H,8,13-14,17-30,33-37H2,2-5H3,(H,68,78,79)/t42?,43?,44-,50?,64?/m1/s1. The van der Waals surface area contributed by atoms with Gasteiger partial charge >= 0.3 is 23.9 Å². The van der Waals surface area contributed by atoms with Crippen LogP contribution in [0.15, 0.2) is 59.5 Å². The Morgan fingerprint density at radius 1 is 0.871 bits per heavy atom. The Morgan fingerprint density at radius 3 is 2.39 bits per heavy atom. The lowest BCUT2D eigenvalue weighted by atomic mass is 9.88. The molecule has 3 aromatic carbocycles. The highest BCUT2D eigenvalue weighted by atomic mass is 19.1. The van der Waals surface area contributed by atoms with Gasteiger partial charge in [0.2, 0.25) is 11.8 Å². The number of piperazine rings is 1. The smallest absolute Gasteiger partial charge is 0.410 e. The van der Waals surface area contributed by atoms with Gasteiger partial charge in [-0.2, -0.15) is 9.97 Å². The Kier molecular flexibility index (Phi) is 14.8. The lowest BCUT2D eigenvalue weighted by Crippen LogP contribution is -2.57. The molecule has 10 heterocycles. The molecule has 7 saturated heterocycles. The fourth-order valence-corrected chi connectivity index (χ4v) is 15.1. The van der Waals surface area contributed by atoms with Crippen LogP contribution < -0.4 is 20.6 Å². The van der Waals surface area contributed by atoms with Crippen molar-refractivity contribution >= 4 is 62.5 Å². The number of benzene rings is 3. The molecule has 4 unspecified atom stereocenters. The molecule has 7 aliphatic rings. The van der Waals surface area contributed by atoms with E-state index in [2.05, 4.69) is 43.1 Å². The zero-order valence-electron chi connectivity index (χ0n) is 48.8. The van der Waals surface area contributed by atoms with E-state index < -0.39 is 29.2 Å². The number of halogens is 2. The maximum Gasteiger partial charge on any atom is 0.410 e. The number of amides is 4. The lowest BCUT2D eigenvalue weighted by molar-refractivity contribution is -0.135. The molecular formula is C64H73F2N11O8. The number of likely N-dealkylation sites (tertiary alicyclic amines) is 2. The van der Waals surface area contributed by atoms with Crippen LogP contribution in [0.25, 0.3) is 44.0 Å². The molecule has 0 radical (unpaired) electrons. The van der Waals surface area contributed by atoms with Crippen LogP contribution in [0.3, 0.4) is 0 Å². The predicted octanol–water partition coefficient (Wildman–Crippen LogP) is 8.43. The molecule has 19 nitrogen and oxygen atoms in total. The summed E-state index contributed by atoms with van der Waals surface area (Å²) in [6, 6.07) is 13.2. The van der Waals surface area contributed by atoms with Crippen molar-refractivity contribution in [2.45, 2.75) is 139 Å². The summed E-state index contributed by atoms with van der Waals surface area (Å²) < 4.78 is 54.4. The Labute approximate surface area is 491 Å². The zero-order chi connectivity index (χ0) is 59.1. The lowest BCUT2D eigenvalue weighted by Gasteiger charge is -2.42. The van der Waals surface area contributed by atoms with Crippen molar-refractivity contribution < 1.29 is 42.2 Å². The van der Waals surface area contributed by atoms with Crippen LogP contribution in [0.4, 0.5) is 24.2 Å². The molecule has 13 rings (SSSR count). The van der Waals surface area contributed by atoms with E-state index in [1.54, 1.807) is 42.1 Å². The van der Waals surface area contributed by atoms with Gasteiger partial charge < -0.3 is 28.9 Å². The Morgan fingerprint density at radius 2 is 1.65 bits per heavy atom. The quantitative estimate of drug-likeness (QED) is 0.0961. The number of rotatable bonds is 11. The van der Waals surface area contributed by atoms with Gasteiger partial charge in [-0.05, 0) is 152 Å². The van der Waals surface area contributed by atoms with E-state index in [0.29, 0.717) is 77.5 Å². The number of fused-ring (bicyclic) bond motifs is 6. The SMILES string of the molecule is C#Cc1c(F)ccc2cccc(-c3ncc4c(N5CC6CCC(C5)N6C(=O)OC(C)(C)C)nc(OCC56CCCN5[C@@H](COC(=O)N5CCC(CN7CCC(c8ccc9c(c8)n(C)c(=O)n9C8CCC(=O)NC8=O)CC7)CC5)CC6)nc4c3F)c12. The number of aromatic nitrogens is 5. The van der Waals surface area contributed by atoms with Crippen LogP contribution in [0.2, 0.25) is 0 Å². The summed E-state index contributed by atoms with van der Waals surface area (Å²) >= 11 is 0. The van der Waals surface area contributed by atoms with Gasteiger partial charge in [0.1, 0.15) is 47.7 Å². The van der Waals surface area contributed by atoms with Gasteiger partial charge in [0, 0.05) is 69.4 Å². The number of piperidine rings is 3. The molecule has 0 spiro atoms. The van der Waals surface area contributed by atoms with E-state index in [1.165, 1.54) is 16.2 Å². The molecule has 0 saturated carbocycles. The second-order valence-electron chi connectivity index (χ2n) is 25.7. The van der Waals surface area contributed by atoms with Gasteiger partial charge in [0.25, 0.3) is 0 Å². The molecule has 85 heavy (non-hydrogen) atoms. The molecule has 3 aromatic heterocycles. The third-order valence-corrected chi connectivity index (χ3v) is 19.4. The second-order valence-corrected chi connectivity index (χ2v) is 25.7. The van der Waals surface area contributed by atoms with Crippen molar-refractivity contribution in [3.05, 3.63) is 88.0 Å². The van der Waals surface area contributed by atoms with Crippen molar-refractivity contribution in [1.29, 1.82) is 0 Å². The monoisotopic (exact) mass is 1160 g/mol. The molecule has 5 atom stereocenters. The summed E-state index contributed by atoms with van der Waals surface area (Å²) in [5.41, 5.74) is 1.67. The number of hydrogen-bond acceptors (Lipinski definition) is 14. The number of anilines is 1. The second kappa shape index (κ2) is 22.3. The van der Waals surface area contributed by atoms with Crippen molar-refractivity contribution in [2.24, 2.45) is 13.0 Å². The van der Waals surface area contributed by atoms with Crippen LogP contribution in [-0.4, -0.2) is 163 Å². The average molecular weight is 1160 g/mol. The first-order chi connectivity index (χ1) is 40.9. The molecule has 4 amide bonds. The van der Waals surface area contributed by atoms with Crippen LogP contribution in [0, 0.1) is 29.9 Å². The van der Waals surface area contributed by atoms with Gasteiger partial charge in [-0.15, -0.1) is 6.42 Å². The van der Waals surface area contributed by atoms with E-state index in [0.717, 1.165) is 95.9 Å². The number of pyridine rings is 1. The number of aryl methyl sites for hydroxylation is 1. The van der Waals surface area contributed by atoms with Gasteiger partial charge in [-0.1, -0.05) is 36.3 Å². The fourth-order valence-electron chi connectivity index (χ4n) is 15.1. The van der Waals surface area contributed by atoms with Crippen LogP contribution in [0.1, 0.15) is 121 Å². The Balaban J connectivity index is 0.643. The first-order valence-corrected chi connectivity index (χ1v) is 30.3. The maximum absolute atomic E-state index is 17.5. The van der Waals surface area contributed by atoms with Crippen molar-refractivity contribution in [3.63, 3.8) is 0 Å². The normalized spacial score (nSPS) is 24.4. The molecule has 7 aliphatic heterocycles. The minimum atomic E-state index is -0.725. The van der Waals surface area contributed by atoms with Gasteiger partial charge in [-0.25, -0.2) is 23.2 Å². The third kappa shape index (κ3) is 10.5. The van der Waals surface area contributed by atoms with Crippen molar-refractivity contribution in [1.82, 2.24) is 49.0 Å². The van der Waals surface area contributed by atoms with Gasteiger partial charge in [0.15, 0.2) is 5.82 Å². The van der Waals surface area contributed by atoms with Crippen LogP contribution in [-0.2, 0) is 26.1 Å². The molecular weight excluding hydrogens is 1090 g/mol. The molecule has 2 bridgehead atoms. The summed E-state index contributed by atoms with van der Waals surface area (Å²) in [6.45, 7) is 11.9. The first kappa shape index (κ1) is 56.4. The average Bonchev–Trinajstić information content (AvgIpc) is 2.23. The zero-order valence-corrected chi connectivity index (χ0v) is 48.8. The van der Waals surface area contributed by atoms with Gasteiger partial charge in [0.05, 0.1) is 39.6 Å². The van der Waals surface area contributed by atoms with Crippen molar-refractivity contribution in [3.8, 4) is 29.6 Å². The van der Waals surface area contributed by atoms with E-state index in [4.69, 9.17) is 30.6 Å². The highest BCUT2D eigenvalue weighted by Gasteiger charge is 2.51. The minimum Gasteiger partial charge on any atom is -0.461 e. The van der Waals surface area contributed by atoms with E-state index in [1.807, 2.05) is 36.6 Å². The first-order valence-electron chi connectivity index (χ1n) is 30.3. The molecule has 7 fully saturated rings. The van der Waals surface area contributed by atoms with Gasteiger partial charge in [-0.3, -0.25) is 38.8 Å². The van der Waals surface area contributed by atoms with E-state index in [9.17, 15) is 24.0 Å². The highest BCUT2D eigenvalue weighted by molar-refractivity contribution is 6.02. The Bertz CT molecular complexity index is 3750. The molecule has 1 N–H and O–H groups in total. The number of hydrogen-bond donors (Lipinski definition) is 1. The number of nitrogens with zero attached hydrogens (tertiary/aromatic N) is 10. The third-order valence-electron chi connectivity index (χ3n) is 19.4. The number of ether oxygens (including phenoxy) is 3. The number of carbonyl (C=O) groups is 4. The Hall–Kier alpha value is -7.70. The maximum atomic E-state index is 17.5. The van der Waals surface area contributed by atoms with E-state index in [-0.39, 0.29) is 89.9 Å². The summed E-state index contributed by atoms with van der Waals surface area (Å²) in [7, 11) is 1.73.